The van der Waals surface area contributed by atoms with Crippen molar-refractivity contribution in [1.82, 2.24) is 20.2 Å². The van der Waals surface area contributed by atoms with Gasteiger partial charge in [-0.1, -0.05) is 42.1 Å². The second-order valence-corrected chi connectivity index (χ2v) is 7.55. The van der Waals surface area contributed by atoms with E-state index >= 15 is 0 Å². The zero-order valence-electron chi connectivity index (χ0n) is 14.8. The Kier molecular flexibility index (Phi) is 4.53. The average Bonchev–Trinajstić information content (AvgIpc) is 3.25. The summed E-state index contributed by atoms with van der Waals surface area (Å²) < 4.78 is 13.9. The Morgan fingerprint density at radius 1 is 1.15 bits per heavy atom. The van der Waals surface area contributed by atoms with Crippen molar-refractivity contribution in [3.8, 4) is 11.4 Å². The largest absolute Gasteiger partial charge is 0.358 e. The lowest BCUT2D eigenvalue weighted by molar-refractivity contribution is 0.0995. The van der Waals surface area contributed by atoms with Crippen LogP contribution in [0.15, 0.2) is 53.7 Å². The van der Waals surface area contributed by atoms with Crippen LogP contribution in [-0.4, -0.2) is 31.2 Å². The minimum Gasteiger partial charge on any atom is -0.358 e. The van der Waals surface area contributed by atoms with Crippen molar-refractivity contribution in [3.05, 3.63) is 65.6 Å². The van der Waals surface area contributed by atoms with Gasteiger partial charge in [0.15, 0.2) is 11.6 Å². The number of aryl methyl sites for hydroxylation is 1. The first-order valence-electron chi connectivity index (χ1n) is 8.50. The van der Waals surface area contributed by atoms with Crippen LogP contribution in [0.25, 0.3) is 22.3 Å². The molecule has 0 aliphatic carbocycles. The second kappa shape index (κ2) is 7.00. The third kappa shape index (κ3) is 3.26. The highest BCUT2D eigenvalue weighted by molar-refractivity contribution is 8.00. The van der Waals surface area contributed by atoms with Gasteiger partial charge in [0.25, 0.3) is 0 Å². The number of ketones is 1. The van der Waals surface area contributed by atoms with E-state index in [0.717, 1.165) is 16.6 Å². The van der Waals surface area contributed by atoms with Crippen LogP contribution in [0.2, 0.25) is 0 Å². The molecule has 0 aliphatic rings. The van der Waals surface area contributed by atoms with Crippen molar-refractivity contribution in [2.45, 2.75) is 24.3 Å². The predicted molar refractivity (Wildman–Crippen MR) is 104 cm³/mol. The Morgan fingerprint density at radius 3 is 2.70 bits per heavy atom. The molecule has 0 saturated heterocycles. The van der Waals surface area contributed by atoms with E-state index in [1.807, 2.05) is 38.1 Å². The molecule has 7 heteroatoms. The van der Waals surface area contributed by atoms with E-state index in [0.29, 0.717) is 22.1 Å². The van der Waals surface area contributed by atoms with Gasteiger partial charge in [0.2, 0.25) is 5.16 Å². The number of aromatic amines is 2. The molecule has 2 heterocycles. The lowest BCUT2D eigenvalue weighted by Crippen LogP contribution is -2.14. The Labute approximate surface area is 159 Å². The number of hydrogen-bond donors (Lipinski definition) is 2. The zero-order chi connectivity index (χ0) is 19.0. The number of nitrogens with zero attached hydrogens (tertiary/aromatic N) is 2. The summed E-state index contributed by atoms with van der Waals surface area (Å²) in [6.45, 7) is 3.72. The van der Waals surface area contributed by atoms with Crippen molar-refractivity contribution >= 4 is 28.4 Å². The van der Waals surface area contributed by atoms with Crippen LogP contribution in [0.1, 0.15) is 23.0 Å². The van der Waals surface area contributed by atoms with Gasteiger partial charge in [-0.25, -0.2) is 9.37 Å². The highest BCUT2D eigenvalue weighted by Gasteiger charge is 2.24. The number of nitrogens with one attached hydrogen (secondary N) is 2. The molecule has 136 valence electrons. The topological polar surface area (TPSA) is 74.4 Å². The van der Waals surface area contributed by atoms with Gasteiger partial charge in [0.1, 0.15) is 5.82 Å². The molecular weight excluding hydrogens is 363 g/mol. The molecule has 0 saturated carbocycles. The number of carbonyl (C=O) groups excluding carboxylic acids is 1. The number of rotatable bonds is 5. The van der Waals surface area contributed by atoms with Crippen molar-refractivity contribution in [2.75, 3.05) is 0 Å². The highest BCUT2D eigenvalue weighted by atomic mass is 32.2. The number of halogens is 1. The van der Waals surface area contributed by atoms with Gasteiger partial charge in [0.05, 0.1) is 10.8 Å². The number of para-hydroxylation sites is 1. The first-order chi connectivity index (χ1) is 13.0. The number of benzene rings is 2. The predicted octanol–water partition coefficient (Wildman–Crippen LogP) is 4.76. The molecule has 4 rings (SSSR count). The standard InChI is InChI=1S/C20H17FN4OS/c1-11-17(14-8-4-6-10-16(14)22-11)18(26)12(2)27-20-23-19(24-25-20)13-7-3-5-9-15(13)21/h3-10,12,22H,1-2H3,(H,23,24,25)/t12-/m1/s1. The Hall–Kier alpha value is -2.93. The second-order valence-electron chi connectivity index (χ2n) is 6.24. The van der Waals surface area contributed by atoms with Crippen LogP contribution < -0.4 is 0 Å². The van der Waals surface area contributed by atoms with E-state index < -0.39 is 0 Å². The fraction of sp³-hybridized carbons (Fsp3) is 0.150. The average molecular weight is 380 g/mol. The zero-order valence-corrected chi connectivity index (χ0v) is 15.6. The lowest BCUT2D eigenvalue weighted by atomic mass is 10.1. The fourth-order valence-electron chi connectivity index (χ4n) is 3.08. The number of fused-ring (bicyclic) bond motifs is 1. The molecule has 0 bridgehead atoms. The summed E-state index contributed by atoms with van der Waals surface area (Å²) >= 11 is 1.25. The molecular formula is C20H17FN4OS. The van der Waals surface area contributed by atoms with Gasteiger partial charge in [-0.3, -0.25) is 9.89 Å². The quantitative estimate of drug-likeness (QED) is 0.386. The molecule has 0 unspecified atom stereocenters. The molecule has 2 N–H and O–H groups in total. The molecule has 0 amide bonds. The van der Waals surface area contributed by atoms with E-state index in [1.165, 1.54) is 17.8 Å². The summed E-state index contributed by atoms with van der Waals surface area (Å²) in [5.41, 5.74) is 2.82. The molecule has 27 heavy (non-hydrogen) atoms. The molecule has 5 nitrogen and oxygen atoms in total. The third-order valence-corrected chi connectivity index (χ3v) is 5.35. The van der Waals surface area contributed by atoms with Gasteiger partial charge in [-0.05, 0) is 32.0 Å². The molecule has 1 atom stereocenters. The number of H-pyrrole nitrogens is 2. The van der Waals surface area contributed by atoms with Crippen molar-refractivity contribution in [1.29, 1.82) is 0 Å². The van der Waals surface area contributed by atoms with E-state index in [2.05, 4.69) is 20.2 Å². The van der Waals surface area contributed by atoms with E-state index in [1.54, 1.807) is 18.2 Å². The molecule has 2 aromatic carbocycles. The van der Waals surface area contributed by atoms with E-state index in [-0.39, 0.29) is 16.9 Å². The maximum atomic E-state index is 13.9. The van der Waals surface area contributed by atoms with Gasteiger partial charge in [0, 0.05) is 22.2 Å². The molecule has 0 spiro atoms. The Morgan fingerprint density at radius 2 is 1.89 bits per heavy atom. The van der Waals surface area contributed by atoms with Gasteiger partial charge >= 0.3 is 0 Å². The first-order valence-corrected chi connectivity index (χ1v) is 9.38. The molecule has 0 fully saturated rings. The van der Waals surface area contributed by atoms with Crippen molar-refractivity contribution in [3.63, 3.8) is 0 Å². The fourth-order valence-corrected chi connectivity index (χ4v) is 3.87. The molecule has 0 aliphatic heterocycles. The van der Waals surface area contributed by atoms with Crippen LogP contribution in [-0.2, 0) is 0 Å². The summed E-state index contributed by atoms with van der Waals surface area (Å²) in [6.07, 6.45) is 0. The van der Waals surface area contributed by atoms with E-state index in [9.17, 15) is 9.18 Å². The van der Waals surface area contributed by atoms with Crippen LogP contribution in [0, 0.1) is 12.7 Å². The molecule has 0 radical (unpaired) electrons. The summed E-state index contributed by atoms with van der Waals surface area (Å²) in [5.74, 6) is -0.0190. The number of aromatic nitrogens is 4. The maximum Gasteiger partial charge on any atom is 0.209 e. The molecule has 2 aromatic heterocycles. The van der Waals surface area contributed by atoms with Crippen LogP contribution in [0.4, 0.5) is 4.39 Å². The third-order valence-electron chi connectivity index (χ3n) is 4.39. The monoisotopic (exact) mass is 380 g/mol. The van der Waals surface area contributed by atoms with Gasteiger partial charge < -0.3 is 4.98 Å². The van der Waals surface area contributed by atoms with Gasteiger partial charge in [-0.2, -0.15) is 0 Å². The van der Waals surface area contributed by atoms with Crippen LogP contribution in [0.3, 0.4) is 0 Å². The summed E-state index contributed by atoms with van der Waals surface area (Å²) in [4.78, 5) is 20.6. The number of carbonyl (C=O) groups is 1. The van der Waals surface area contributed by atoms with E-state index in [4.69, 9.17) is 0 Å². The maximum absolute atomic E-state index is 13.9. The lowest BCUT2D eigenvalue weighted by Gasteiger charge is -2.08. The number of hydrogen-bond acceptors (Lipinski definition) is 4. The van der Waals surface area contributed by atoms with Crippen molar-refractivity contribution in [2.24, 2.45) is 0 Å². The highest BCUT2D eigenvalue weighted by Crippen LogP contribution is 2.29. The number of Topliss-reactive ketones (excluding diaryl/α,β-unsaturated/α-hetero) is 1. The summed E-state index contributed by atoms with van der Waals surface area (Å²) in [7, 11) is 0. The van der Waals surface area contributed by atoms with Crippen LogP contribution in [0.5, 0.6) is 0 Å². The minimum atomic E-state index is -0.382. The van der Waals surface area contributed by atoms with Gasteiger partial charge in [-0.15, -0.1) is 5.10 Å². The summed E-state index contributed by atoms with van der Waals surface area (Å²) in [6, 6.07) is 14.1. The Balaban J connectivity index is 1.57. The number of thioether (sulfide) groups is 1. The Bertz CT molecular complexity index is 1130. The van der Waals surface area contributed by atoms with Crippen molar-refractivity contribution < 1.29 is 9.18 Å². The SMILES string of the molecule is Cc1[nH]c2ccccc2c1C(=O)[C@@H](C)Sc1n[nH]c(-c2ccccc2F)n1. The van der Waals surface area contributed by atoms with Crippen LogP contribution >= 0.6 is 11.8 Å². The smallest absolute Gasteiger partial charge is 0.209 e. The normalized spacial score (nSPS) is 12.4. The molecule has 4 aromatic rings. The summed E-state index contributed by atoms with van der Waals surface area (Å²) in [5, 5.41) is 7.80. The first kappa shape index (κ1) is 17.5. The minimum absolute atomic E-state index is 0.00666.